The van der Waals surface area contributed by atoms with Gasteiger partial charge in [-0.15, -0.1) is 0 Å². The van der Waals surface area contributed by atoms with Gasteiger partial charge in [-0.25, -0.2) is 0 Å². The zero-order valence-electron chi connectivity index (χ0n) is 8.83. The summed E-state index contributed by atoms with van der Waals surface area (Å²) in [6.45, 7) is 2.76. The van der Waals surface area contributed by atoms with Crippen LogP contribution < -0.4 is 5.32 Å². The second-order valence-electron chi connectivity index (χ2n) is 4.16. The lowest BCUT2D eigenvalue weighted by Gasteiger charge is -2.23. The number of carbonyl (C=O) groups is 1. The number of aromatic nitrogens is 1. The molecule has 0 bridgehead atoms. The number of nitrogens with one attached hydrogen (secondary N) is 1. The summed E-state index contributed by atoms with van der Waals surface area (Å²) in [7, 11) is 0. The van der Waals surface area contributed by atoms with E-state index in [1.165, 1.54) is 0 Å². The Hall–Kier alpha value is -1.48. The largest absolute Gasteiger partial charge is 0.349 e. The van der Waals surface area contributed by atoms with Gasteiger partial charge in [0.2, 0.25) is 0 Å². The van der Waals surface area contributed by atoms with E-state index in [4.69, 9.17) is 11.6 Å². The molecule has 82 valence electrons. The molecule has 2 heterocycles. The SMILES string of the molecule is C[C@@H]1CNC(=O)c2cc3ccc(Cl)cc3n21. The highest BCUT2D eigenvalue weighted by atomic mass is 35.5. The average molecular weight is 235 g/mol. The molecule has 0 unspecified atom stereocenters. The number of benzene rings is 1. The van der Waals surface area contributed by atoms with Crippen LogP contribution in [0, 0.1) is 0 Å². The molecule has 3 nitrogen and oxygen atoms in total. The number of nitrogens with zero attached hydrogens (tertiary/aromatic N) is 1. The molecule has 0 fully saturated rings. The second-order valence-corrected chi connectivity index (χ2v) is 4.60. The first-order valence-electron chi connectivity index (χ1n) is 5.25. The first-order valence-corrected chi connectivity index (χ1v) is 5.63. The third-order valence-corrected chi connectivity index (χ3v) is 3.27. The van der Waals surface area contributed by atoms with Crippen molar-refractivity contribution in [1.82, 2.24) is 9.88 Å². The zero-order chi connectivity index (χ0) is 11.3. The number of hydrogen-bond donors (Lipinski definition) is 1. The topological polar surface area (TPSA) is 34.0 Å². The molecule has 2 aromatic rings. The Balaban J connectivity index is 2.38. The van der Waals surface area contributed by atoms with Crippen LogP contribution in [0.2, 0.25) is 5.02 Å². The lowest BCUT2D eigenvalue weighted by Crippen LogP contribution is -2.37. The van der Waals surface area contributed by atoms with Gasteiger partial charge in [-0.3, -0.25) is 4.79 Å². The van der Waals surface area contributed by atoms with Crippen LogP contribution in [0.1, 0.15) is 23.5 Å². The van der Waals surface area contributed by atoms with Gasteiger partial charge in [-0.2, -0.15) is 0 Å². The summed E-state index contributed by atoms with van der Waals surface area (Å²) >= 11 is 5.99. The van der Waals surface area contributed by atoms with E-state index in [9.17, 15) is 4.79 Å². The number of hydrogen-bond acceptors (Lipinski definition) is 1. The minimum atomic E-state index is -0.00887. The van der Waals surface area contributed by atoms with Crippen molar-refractivity contribution >= 4 is 28.4 Å². The number of halogens is 1. The van der Waals surface area contributed by atoms with Crippen molar-refractivity contribution in [3.05, 3.63) is 35.0 Å². The molecule has 0 saturated carbocycles. The molecule has 1 aromatic carbocycles. The maximum absolute atomic E-state index is 11.7. The molecule has 1 atom stereocenters. The molecule has 1 N–H and O–H groups in total. The maximum Gasteiger partial charge on any atom is 0.268 e. The summed E-state index contributed by atoms with van der Waals surface area (Å²) in [5.74, 6) is -0.00887. The molecule has 3 rings (SSSR count). The van der Waals surface area contributed by atoms with Crippen LogP contribution in [-0.2, 0) is 0 Å². The molecule has 0 saturated heterocycles. The van der Waals surface area contributed by atoms with E-state index in [1.54, 1.807) is 0 Å². The molecule has 1 aliphatic rings. The molecule has 0 aliphatic carbocycles. The Morgan fingerprint density at radius 3 is 3.06 bits per heavy atom. The van der Waals surface area contributed by atoms with Gasteiger partial charge in [0.05, 0.1) is 5.52 Å². The van der Waals surface area contributed by atoms with Crippen LogP contribution in [0.3, 0.4) is 0 Å². The van der Waals surface area contributed by atoms with Crippen molar-refractivity contribution in [2.24, 2.45) is 0 Å². The molecule has 4 heteroatoms. The van der Waals surface area contributed by atoms with Crippen LogP contribution in [0.4, 0.5) is 0 Å². The van der Waals surface area contributed by atoms with Crippen molar-refractivity contribution in [1.29, 1.82) is 0 Å². The second kappa shape index (κ2) is 3.25. The normalized spacial score (nSPS) is 19.6. The Bertz CT molecular complexity index is 588. The van der Waals surface area contributed by atoms with Gasteiger partial charge in [-0.1, -0.05) is 17.7 Å². The summed E-state index contributed by atoms with van der Waals surface area (Å²) < 4.78 is 2.06. The predicted molar refractivity (Wildman–Crippen MR) is 64.0 cm³/mol. The standard InChI is InChI=1S/C12H11ClN2O/c1-7-6-14-12(16)11-4-8-2-3-9(13)5-10(8)15(7)11/h2-5,7H,6H2,1H3,(H,14,16)/t7-/m1/s1. The number of amides is 1. The fourth-order valence-electron chi connectivity index (χ4n) is 2.27. The lowest BCUT2D eigenvalue weighted by molar-refractivity contribution is 0.0919. The van der Waals surface area contributed by atoms with Crippen LogP contribution in [-0.4, -0.2) is 17.0 Å². The highest BCUT2D eigenvalue weighted by Gasteiger charge is 2.24. The van der Waals surface area contributed by atoms with Gasteiger partial charge in [0, 0.05) is 23.0 Å². The fraction of sp³-hybridized carbons (Fsp3) is 0.250. The third kappa shape index (κ3) is 1.25. The maximum atomic E-state index is 11.7. The molecule has 1 aliphatic heterocycles. The monoisotopic (exact) mass is 234 g/mol. The van der Waals surface area contributed by atoms with Crippen LogP contribution in [0.15, 0.2) is 24.3 Å². The van der Waals surface area contributed by atoms with Gasteiger partial charge in [-0.05, 0) is 25.1 Å². The summed E-state index contributed by atoms with van der Waals surface area (Å²) in [6.07, 6.45) is 0. The first kappa shape index (κ1) is 9.73. The van der Waals surface area contributed by atoms with Crippen molar-refractivity contribution in [3.63, 3.8) is 0 Å². The summed E-state index contributed by atoms with van der Waals surface area (Å²) in [5, 5.41) is 4.63. The minimum Gasteiger partial charge on any atom is -0.349 e. The summed E-state index contributed by atoms with van der Waals surface area (Å²) in [4.78, 5) is 11.7. The molecular weight excluding hydrogens is 224 g/mol. The van der Waals surface area contributed by atoms with E-state index in [1.807, 2.05) is 24.3 Å². The smallest absolute Gasteiger partial charge is 0.268 e. The van der Waals surface area contributed by atoms with Gasteiger partial charge in [0.1, 0.15) is 5.69 Å². The Labute approximate surface area is 98.0 Å². The number of rotatable bonds is 0. The van der Waals surface area contributed by atoms with E-state index in [0.29, 0.717) is 11.6 Å². The molecule has 1 amide bonds. The minimum absolute atomic E-state index is 0.00887. The van der Waals surface area contributed by atoms with Crippen molar-refractivity contribution in [3.8, 4) is 0 Å². The number of fused-ring (bicyclic) bond motifs is 3. The van der Waals surface area contributed by atoms with E-state index in [2.05, 4.69) is 16.8 Å². The Morgan fingerprint density at radius 2 is 2.25 bits per heavy atom. The quantitative estimate of drug-likeness (QED) is 0.747. The molecule has 16 heavy (non-hydrogen) atoms. The average Bonchev–Trinajstić information content (AvgIpc) is 2.63. The van der Waals surface area contributed by atoms with Crippen LogP contribution in [0.25, 0.3) is 10.9 Å². The van der Waals surface area contributed by atoms with Crippen LogP contribution in [0.5, 0.6) is 0 Å². The van der Waals surface area contributed by atoms with Gasteiger partial charge in [0.15, 0.2) is 0 Å². The molecule has 1 aromatic heterocycles. The van der Waals surface area contributed by atoms with Crippen LogP contribution >= 0.6 is 11.6 Å². The zero-order valence-corrected chi connectivity index (χ0v) is 9.58. The lowest BCUT2D eigenvalue weighted by atomic mass is 10.2. The van der Waals surface area contributed by atoms with Gasteiger partial charge >= 0.3 is 0 Å². The summed E-state index contributed by atoms with van der Waals surface area (Å²) in [5.41, 5.74) is 1.75. The van der Waals surface area contributed by atoms with Crippen molar-refractivity contribution in [2.45, 2.75) is 13.0 Å². The molecule has 0 spiro atoms. The van der Waals surface area contributed by atoms with Gasteiger partial charge < -0.3 is 9.88 Å². The molecule has 0 radical (unpaired) electrons. The molecular formula is C12H11ClN2O. The first-order chi connectivity index (χ1) is 7.66. The highest BCUT2D eigenvalue weighted by molar-refractivity contribution is 6.31. The van der Waals surface area contributed by atoms with Crippen molar-refractivity contribution in [2.75, 3.05) is 6.54 Å². The Kier molecular flexibility index (Phi) is 1.98. The number of carbonyl (C=O) groups excluding carboxylic acids is 1. The highest BCUT2D eigenvalue weighted by Crippen LogP contribution is 2.28. The predicted octanol–water partition coefficient (Wildman–Crippen LogP) is 2.60. The fourth-order valence-corrected chi connectivity index (χ4v) is 2.43. The third-order valence-electron chi connectivity index (χ3n) is 3.04. The van der Waals surface area contributed by atoms with E-state index < -0.39 is 0 Å². The van der Waals surface area contributed by atoms with E-state index >= 15 is 0 Å². The summed E-state index contributed by atoms with van der Waals surface area (Å²) in [6, 6.07) is 7.89. The van der Waals surface area contributed by atoms with E-state index in [-0.39, 0.29) is 11.9 Å². The van der Waals surface area contributed by atoms with Gasteiger partial charge in [0.25, 0.3) is 5.91 Å². The van der Waals surface area contributed by atoms with E-state index in [0.717, 1.165) is 16.6 Å². The Morgan fingerprint density at radius 1 is 1.44 bits per heavy atom. The van der Waals surface area contributed by atoms with Crippen molar-refractivity contribution < 1.29 is 4.79 Å².